The lowest BCUT2D eigenvalue weighted by Gasteiger charge is -2.12. The van der Waals surface area contributed by atoms with Crippen LogP contribution in [0.25, 0.3) is 0 Å². The summed E-state index contributed by atoms with van der Waals surface area (Å²) in [5, 5.41) is 5.94. The minimum atomic E-state index is -0.162. The first-order chi connectivity index (χ1) is 18.1. The van der Waals surface area contributed by atoms with E-state index in [0.29, 0.717) is 23.4 Å². The van der Waals surface area contributed by atoms with E-state index in [1.54, 1.807) is 17.8 Å². The maximum absolute atomic E-state index is 12.9. The van der Waals surface area contributed by atoms with Gasteiger partial charge < -0.3 is 10.6 Å². The molecule has 0 saturated heterocycles. The van der Waals surface area contributed by atoms with Gasteiger partial charge in [0.2, 0.25) is 0 Å². The maximum Gasteiger partial charge on any atom is 0.255 e. The number of carbonyl (C=O) groups is 2. The summed E-state index contributed by atoms with van der Waals surface area (Å²) >= 11 is 3.41. The fourth-order valence-electron chi connectivity index (χ4n) is 4.10. The second kappa shape index (κ2) is 19.2. The minimum Gasteiger partial charge on any atom is -0.352 e. The second-order valence-electron chi connectivity index (χ2n) is 9.53. The van der Waals surface area contributed by atoms with Crippen molar-refractivity contribution in [2.75, 3.05) is 23.9 Å². The number of hydrogen-bond acceptors (Lipinski definition) is 4. The van der Waals surface area contributed by atoms with Gasteiger partial charge in [-0.1, -0.05) is 78.1 Å². The number of anilines is 1. The summed E-state index contributed by atoms with van der Waals surface area (Å²) in [4.78, 5) is 27.5. The molecule has 0 atom stereocenters. The zero-order valence-electron chi connectivity index (χ0n) is 23.1. The van der Waals surface area contributed by atoms with Crippen molar-refractivity contribution < 1.29 is 9.59 Å². The van der Waals surface area contributed by atoms with Gasteiger partial charge in [-0.2, -0.15) is 0 Å². The summed E-state index contributed by atoms with van der Waals surface area (Å²) < 4.78 is 0. The third-order valence-electron chi connectivity index (χ3n) is 6.41. The highest BCUT2D eigenvalue weighted by Gasteiger charge is 2.13. The molecule has 0 fully saturated rings. The van der Waals surface area contributed by atoms with Crippen molar-refractivity contribution in [3.63, 3.8) is 0 Å². The molecule has 37 heavy (non-hydrogen) atoms. The molecular weight excluding hydrogens is 496 g/mol. The second-order valence-corrected chi connectivity index (χ2v) is 11.5. The van der Waals surface area contributed by atoms with Crippen LogP contribution in [0.3, 0.4) is 0 Å². The Morgan fingerprint density at radius 2 is 1.30 bits per heavy atom. The van der Waals surface area contributed by atoms with Gasteiger partial charge >= 0.3 is 0 Å². The van der Waals surface area contributed by atoms with Crippen LogP contribution in [0.1, 0.15) is 112 Å². The van der Waals surface area contributed by atoms with E-state index in [1.807, 2.05) is 54.4 Å². The molecule has 2 aromatic rings. The molecule has 6 heteroatoms. The molecule has 0 aliphatic heterocycles. The predicted octanol–water partition coefficient (Wildman–Crippen LogP) is 9.20. The zero-order valence-corrected chi connectivity index (χ0v) is 24.7. The quantitative estimate of drug-likeness (QED) is 0.137. The molecule has 0 radical (unpaired) electrons. The van der Waals surface area contributed by atoms with Gasteiger partial charge in [-0.15, -0.1) is 23.5 Å². The fourth-order valence-corrected chi connectivity index (χ4v) is 5.55. The first-order valence-electron chi connectivity index (χ1n) is 14.1. The average molecular weight is 543 g/mol. The number of unbranched alkanes of at least 4 members (excludes halogenated alkanes) is 10. The first-order valence-corrected chi connectivity index (χ1v) is 16.3. The van der Waals surface area contributed by atoms with Crippen LogP contribution >= 0.6 is 23.5 Å². The van der Waals surface area contributed by atoms with Crippen LogP contribution in [0.4, 0.5) is 5.69 Å². The van der Waals surface area contributed by atoms with Crippen LogP contribution in [0, 0.1) is 0 Å². The van der Waals surface area contributed by atoms with E-state index >= 15 is 0 Å². The fraction of sp³-hybridized carbons (Fsp3) is 0.548. The molecule has 0 aliphatic rings. The number of amides is 2. The first kappa shape index (κ1) is 31.3. The van der Waals surface area contributed by atoms with Crippen LogP contribution in [-0.4, -0.2) is 30.4 Å². The Kier molecular flexibility index (Phi) is 16.2. The number of benzene rings is 2. The number of nitrogens with one attached hydrogen (secondary N) is 2. The Morgan fingerprint density at radius 1 is 0.703 bits per heavy atom. The van der Waals surface area contributed by atoms with Gasteiger partial charge in [0.1, 0.15) is 0 Å². The molecule has 2 rings (SSSR count). The molecule has 0 heterocycles. The molecule has 0 spiro atoms. The summed E-state index contributed by atoms with van der Waals surface area (Å²) in [6.07, 6.45) is 17.5. The predicted molar refractivity (Wildman–Crippen MR) is 162 cm³/mol. The Bertz CT molecular complexity index is 931. The summed E-state index contributed by atoms with van der Waals surface area (Å²) in [7, 11) is 0. The molecule has 0 unspecified atom stereocenters. The smallest absolute Gasteiger partial charge is 0.255 e. The molecule has 2 N–H and O–H groups in total. The summed E-state index contributed by atoms with van der Waals surface area (Å²) in [5.74, 6) is 0.845. The Hall–Kier alpha value is -1.92. The molecule has 204 valence electrons. The molecule has 0 bridgehead atoms. The van der Waals surface area contributed by atoms with E-state index in [-0.39, 0.29) is 11.8 Å². The molecule has 4 nitrogen and oxygen atoms in total. The molecule has 2 amide bonds. The third kappa shape index (κ3) is 12.4. The van der Waals surface area contributed by atoms with E-state index in [1.165, 1.54) is 69.1 Å². The van der Waals surface area contributed by atoms with Gasteiger partial charge in [-0.05, 0) is 67.3 Å². The number of thioether (sulfide) groups is 2. The van der Waals surface area contributed by atoms with Crippen molar-refractivity contribution in [1.82, 2.24) is 5.32 Å². The topological polar surface area (TPSA) is 58.2 Å². The van der Waals surface area contributed by atoms with Gasteiger partial charge in [0.15, 0.2) is 0 Å². The van der Waals surface area contributed by atoms with Crippen molar-refractivity contribution in [2.45, 2.75) is 101 Å². The van der Waals surface area contributed by atoms with Crippen molar-refractivity contribution in [2.24, 2.45) is 0 Å². The summed E-state index contributed by atoms with van der Waals surface area (Å²) in [6.45, 7) is 5.02. The van der Waals surface area contributed by atoms with E-state index in [4.69, 9.17) is 0 Å². The highest BCUT2D eigenvalue weighted by Crippen LogP contribution is 2.28. The van der Waals surface area contributed by atoms with Gasteiger partial charge in [0.25, 0.3) is 11.8 Å². The largest absolute Gasteiger partial charge is 0.352 e. The lowest BCUT2D eigenvalue weighted by molar-refractivity contribution is 0.0951. The van der Waals surface area contributed by atoms with Gasteiger partial charge in [-0.25, -0.2) is 0 Å². The zero-order chi connectivity index (χ0) is 26.7. The van der Waals surface area contributed by atoms with Gasteiger partial charge in [0.05, 0.1) is 5.69 Å². The highest BCUT2D eigenvalue weighted by atomic mass is 32.2. The lowest BCUT2D eigenvalue weighted by Crippen LogP contribution is -2.24. The molecule has 2 aromatic carbocycles. The standard InChI is InChI=1S/C31H46N2O2S2/c1-4-6-8-9-10-11-12-13-14-15-23-37-27-19-16-25(17-20-27)31(35)33-28-24-26(18-21-29(28)36-3)30(34)32-22-7-5-2/h16-21,24H,4-15,22-23H2,1-3H3,(H,32,34)(H,33,35). The lowest BCUT2D eigenvalue weighted by atomic mass is 10.1. The van der Waals surface area contributed by atoms with E-state index in [2.05, 4.69) is 24.5 Å². The number of rotatable bonds is 19. The Labute approximate surface area is 233 Å². The van der Waals surface area contributed by atoms with E-state index < -0.39 is 0 Å². The molecule has 0 aliphatic carbocycles. The van der Waals surface area contributed by atoms with Crippen molar-refractivity contribution in [3.05, 3.63) is 53.6 Å². The van der Waals surface area contributed by atoms with Crippen LogP contribution in [0.2, 0.25) is 0 Å². The van der Waals surface area contributed by atoms with E-state index in [9.17, 15) is 9.59 Å². The van der Waals surface area contributed by atoms with Crippen molar-refractivity contribution in [1.29, 1.82) is 0 Å². The van der Waals surface area contributed by atoms with Crippen molar-refractivity contribution >= 4 is 41.0 Å². The molecular formula is C31H46N2O2S2. The average Bonchev–Trinajstić information content (AvgIpc) is 2.92. The van der Waals surface area contributed by atoms with Crippen LogP contribution in [-0.2, 0) is 0 Å². The van der Waals surface area contributed by atoms with Gasteiger partial charge in [0, 0.05) is 27.5 Å². The van der Waals surface area contributed by atoms with Crippen LogP contribution < -0.4 is 10.6 Å². The maximum atomic E-state index is 12.9. The molecule has 0 aromatic heterocycles. The SMILES string of the molecule is CCCCCCCCCCCCSc1ccc(C(=O)Nc2cc(C(=O)NCCCC)ccc2SC)cc1. The van der Waals surface area contributed by atoms with Crippen LogP contribution in [0.5, 0.6) is 0 Å². The van der Waals surface area contributed by atoms with Crippen LogP contribution in [0.15, 0.2) is 52.3 Å². The van der Waals surface area contributed by atoms with Crippen molar-refractivity contribution in [3.8, 4) is 0 Å². The monoisotopic (exact) mass is 542 g/mol. The van der Waals surface area contributed by atoms with E-state index in [0.717, 1.165) is 23.5 Å². The Morgan fingerprint density at radius 3 is 1.92 bits per heavy atom. The molecule has 0 saturated carbocycles. The third-order valence-corrected chi connectivity index (χ3v) is 8.30. The Balaban J connectivity index is 1.76. The normalized spacial score (nSPS) is 10.9. The minimum absolute atomic E-state index is 0.111. The van der Waals surface area contributed by atoms with Gasteiger partial charge in [-0.3, -0.25) is 9.59 Å². The highest BCUT2D eigenvalue weighted by molar-refractivity contribution is 7.99. The summed E-state index contributed by atoms with van der Waals surface area (Å²) in [6, 6.07) is 13.3. The number of carbonyl (C=O) groups excluding carboxylic acids is 2. The number of hydrogen-bond donors (Lipinski definition) is 2. The summed E-state index contributed by atoms with van der Waals surface area (Å²) in [5.41, 5.74) is 1.84.